The van der Waals surface area contributed by atoms with Gasteiger partial charge < -0.3 is 19.2 Å². The molecule has 7 nitrogen and oxygen atoms in total. The highest BCUT2D eigenvalue weighted by Crippen LogP contribution is 2.36. The van der Waals surface area contributed by atoms with Crippen molar-refractivity contribution in [3.63, 3.8) is 0 Å². The summed E-state index contributed by atoms with van der Waals surface area (Å²) in [5, 5.41) is 3.16. The van der Waals surface area contributed by atoms with Gasteiger partial charge in [0.05, 0.1) is 18.4 Å². The second kappa shape index (κ2) is 7.92. The molecule has 32 heavy (non-hydrogen) atoms. The molecular weight excluding hydrogens is 408 g/mol. The van der Waals surface area contributed by atoms with Gasteiger partial charge in [-0.2, -0.15) is 0 Å². The maximum absolute atomic E-state index is 13.4. The van der Waals surface area contributed by atoms with Crippen LogP contribution in [0.4, 0.5) is 5.69 Å². The van der Waals surface area contributed by atoms with Crippen LogP contribution in [0.2, 0.25) is 0 Å². The molecule has 0 atom stereocenters. The number of nitrogens with one attached hydrogen (secondary N) is 1. The molecule has 5 rings (SSSR count). The molecule has 0 fully saturated rings. The van der Waals surface area contributed by atoms with Crippen molar-refractivity contribution in [1.82, 2.24) is 4.90 Å². The number of imide groups is 1. The molecule has 0 unspecified atom stereocenters. The van der Waals surface area contributed by atoms with Gasteiger partial charge in [-0.05, 0) is 54.8 Å². The van der Waals surface area contributed by atoms with Gasteiger partial charge in [-0.1, -0.05) is 18.2 Å². The number of hydrogen-bond donors (Lipinski definition) is 1. The van der Waals surface area contributed by atoms with Crippen LogP contribution in [0, 0.1) is 13.8 Å². The van der Waals surface area contributed by atoms with Crippen LogP contribution in [0.1, 0.15) is 22.5 Å². The average Bonchev–Trinajstić information content (AvgIpc) is 3.39. The zero-order valence-corrected chi connectivity index (χ0v) is 17.8. The minimum atomic E-state index is -0.408. The first-order valence-corrected chi connectivity index (χ1v) is 10.4. The Morgan fingerprint density at radius 2 is 1.72 bits per heavy atom. The maximum Gasteiger partial charge on any atom is 0.278 e. The van der Waals surface area contributed by atoms with Crippen molar-refractivity contribution in [3.05, 3.63) is 82.9 Å². The van der Waals surface area contributed by atoms with Crippen molar-refractivity contribution >= 4 is 23.1 Å². The molecular formula is C25H22N2O5. The number of nitrogens with zero attached hydrogens (tertiary/aromatic N) is 1. The SMILES string of the molecule is Cc1ccc(C2=C(Nc3ccc4c(c3)OCCO4)C(=O)N(Cc3ccco3)C2=O)cc1C. The topological polar surface area (TPSA) is 81.0 Å². The van der Waals surface area contributed by atoms with Crippen LogP contribution in [0.5, 0.6) is 11.5 Å². The monoisotopic (exact) mass is 430 g/mol. The number of amides is 2. The van der Waals surface area contributed by atoms with Crippen molar-refractivity contribution in [2.24, 2.45) is 0 Å². The van der Waals surface area contributed by atoms with Gasteiger partial charge in [0.1, 0.15) is 24.7 Å². The summed E-state index contributed by atoms with van der Waals surface area (Å²) in [5.41, 5.74) is 4.03. The van der Waals surface area contributed by atoms with Gasteiger partial charge in [0.2, 0.25) is 0 Å². The molecule has 2 amide bonds. The third-order valence-corrected chi connectivity index (χ3v) is 5.67. The Kier molecular flexibility index (Phi) is 4.93. The van der Waals surface area contributed by atoms with Gasteiger partial charge >= 0.3 is 0 Å². The van der Waals surface area contributed by atoms with E-state index in [-0.39, 0.29) is 18.1 Å². The molecule has 0 bridgehead atoms. The highest BCUT2D eigenvalue weighted by molar-refractivity contribution is 6.36. The van der Waals surface area contributed by atoms with Crippen LogP contribution < -0.4 is 14.8 Å². The highest BCUT2D eigenvalue weighted by atomic mass is 16.6. The minimum absolute atomic E-state index is 0.0608. The summed E-state index contributed by atoms with van der Waals surface area (Å²) < 4.78 is 16.6. The first-order valence-electron chi connectivity index (χ1n) is 10.4. The van der Waals surface area contributed by atoms with Crippen LogP contribution in [-0.2, 0) is 16.1 Å². The Bertz CT molecular complexity index is 1240. The highest BCUT2D eigenvalue weighted by Gasteiger charge is 2.39. The molecule has 1 N–H and O–H groups in total. The molecule has 2 aliphatic rings. The lowest BCUT2D eigenvalue weighted by Gasteiger charge is -2.19. The van der Waals surface area contributed by atoms with Crippen LogP contribution in [-0.4, -0.2) is 29.9 Å². The lowest BCUT2D eigenvalue weighted by atomic mass is 9.99. The van der Waals surface area contributed by atoms with Crippen LogP contribution in [0.15, 0.2) is 64.9 Å². The summed E-state index contributed by atoms with van der Waals surface area (Å²) in [5.74, 6) is 1.01. The van der Waals surface area contributed by atoms with Gasteiger partial charge in [0, 0.05) is 11.8 Å². The van der Waals surface area contributed by atoms with E-state index in [2.05, 4.69) is 5.32 Å². The van der Waals surface area contributed by atoms with Crippen LogP contribution >= 0.6 is 0 Å². The quantitative estimate of drug-likeness (QED) is 0.615. The number of carbonyl (C=O) groups excluding carboxylic acids is 2. The summed E-state index contributed by atoms with van der Waals surface area (Å²) in [4.78, 5) is 27.9. The number of furan rings is 1. The van der Waals surface area contributed by atoms with Crippen LogP contribution in [0.25, 0.3) is 5.57 Å². The molecule has 162 valence electrons. The Hall–Kier alpha value is -4.00. The van der Waals surface area contributed by atoms with Gasteiger partial charge in [-0.25, -0.2) is 0 Å². The molecule has 2 aromatic carbocycles. The van der Waals surface area contributed by atoms with Crippen molar-refractivity contribution in [2.45, 2.75) is 20.4 Å². The number of ether oxygens (including phenoxy) is 2. The third kappa shape index (κ3) is 3.51. The summed E-state index contributed by atoms with van der Waals surface area (Å²) >= 11 is 0. The lowest BCUT2D eigenvalue weighted by Crippen LogP contribution is -2.31. The third-order valence-electron chi connectivity index (χ3n) is 5.67. The molecule has 3 heterocycles. The molecule has 7 heteroatoms. The fourth-order valence-electron chi connectivity index (χ4n) is 3.82. The van der Waals surface area contributed by atoms with E-state index in [4.69, 9.17) is 13.9 Å². The van der Waals surface area contributed by atoms with Crippen LogP contribution in [0.3, 0.4) is 0 Å². The van der Waals surface area contributed by atoms with Crippen molar-refractivity contribution in [3.8, 4) is 11.5 Å². The second-order valence-electron chi connectivity index (χ2n) is 7.81. The van der Waals surface area contributed by atoms with E-state index in [0.29, 0.717) is 47.3 Å². The number of carbonyl (C=O) groups is 2. The Morgan fingerprint density at radius 3 is 2.47 bits per heavy atom. The predicted molar refractivity (Wildman–Crippen MR) is 118 cm³/mol. The predicted octanol–water partition coefficient (Wildman–Crippen LogP) is 4.06. The van der Waals surface area contributed by atoms with E-state index in [1.54, 1.807) is 30.3 Å². The summed E-state index contributed by atoms with van der Waals surface area (Å²) in [6.45, 7) is 5.01. The second-order valence-corrected chi connectivity index (χ2v) is 7.81. The van der Waals surface area contributed by atoms with E-state index >= 15 is 0 Å². The first-order chi connectivity index (χ1) is 15.5. The molecule has 3 aromatic rings. The van der Waals surface area contributed by atoms with Gasteiger partial charge in [-0.3, -0.25) is 14.5 Å². The van der Waals surface area contributed by atoms with Crippen molar-refractivity contribution in [1.29, 1.82) is 0 Å². The number of benzene rings is 2. The molecule has 0 aliphatic carbocycles. The number of fused-ring (bicyclic) bond motifs is 1. The first kappa shape index (κ1) is 19.9. The van der Waals surface area contributed by atoms with E-state index in [0.717, 1.165) is 11.1 Å². The van der Waals surface area contributed by atoms with Crippen molar-refractivity contribution < 1.29 is 23.5 Å². The maximum atomic E-state index is 13.4. The number of anilines is 1. The van der Waals surface area contributed by atoms with E-state index < -0.39 is 5.91 Å². The summed E-state index contributed by atoms with van der Waals surface area (Å²) in [6, 6.07) is 14.6. The summed E-state index contributed by atoms with van der Waals surface area (Å²) in [7, 11) is 0. The van der Waals surface area contributed by atoms with E-state index in [9.17, 15) is 9.59 Å². The Labute approximate surface area is 185 Å². The molecule has 0 radical (unpaired) electrons. The fraction of sp³-hybridized carbons (Fsp3) is 0.200. The average molecular weight is 430 g/mol. The number of hydrogen-bond acceptors (Lipinski definition) is 6. The van der Waals surface area contributed by atoms with Gasteiger partial charge in [0.25, 0.3) is 11.8 Å². The molecule has 1 aromatic heterocycles. The smallest absolute Gasteiger partial charge is 0.278 e. The minimum Gasteiger partial charge on any atom is -0.486 e. The number of rotatable bonds is 5. The molecule has 0 spiro atoms. The standard InChI is InChI=1S/C25H22N2O5/c1-15-5-6-17(12-16(15)2)22-23(25(29)27(24(22)28)14-19-4-3-9-30-19)26-18-7-8-20-21(13-18)32-11-10-31-20/h3-9,12-13,26H,10-11,14H2,1-2H3. The normalized spacial score (nSPS) is 15.5. The summed E-state index contributed by atoms with van der Waals surface area (Å²) in [6.07, 6.45) is 1.52. The molecule has 0 saturated carbocycles. The largest absolute Gasteiger partial charge is 0.486 e. The zero-order chi connectivity index (χ0) is 22.2. The molecule has 0 saturated heterocycles. The zero-order valence-electron chi connectivity index (χ0n) is 17.8. The fourth-order valence-corrected chi connectivity index (χ4v) is 3.82. The molecule has 2 aliphatic heterocycles. The van der Waals surface area contributed by atoms with Gasteiger partial charge in [-0.15, -0.1) is 0 Å². The van der Waals surface area contributed by atoms with Crippen molar-refractivity contribution in [2.75, 3.05) is 18.5 Å². The Balaban J connectivity index is 1.55. The number of aryl methyl sites for hydroxylation is 2. The Morgan fingerprint density at radius 1 is 0.906 bits per heavy atom. The van der Waals surface area contributed by atoms with E-state index in [1.165, 1.54) is 11.2 Å². The van der Waals surface area contributed by atoms with Gasteiger partial charge in [0.15, 0.2) is 11.5 Å². The lowest BCUT2D eigenvalue weighted by molar-refractivity contribution is -0.137. The van der Waals surface area contributed by atoms with E-state index in [1.807, 2.05) is 32.0 Å².